The molecule has 0 aliphatic heterocycles. The predicted molar refractivity (Wildman–Crippen MR) is 110 cm³/mol. The second-order valence-corrected chi connectivity index (χ2v) is 6.31. The maximum atomic E-state index is 5.89. The molecule has 0 unspecified atom stereocenters. The number of hydrogen-bond donors (Lipinski definition) is 1. The zero-order valence-electron chi connectivity index (χ0n) is 16.4. The number of ether oxygens (including phenoxy) is 3. The first-order valence-electron chi connectivity index (χ1n) is 9.39. The van der Waals surface area contributed by atoms with E-state index < -0.39 is 0 Å². The zero-order chi connectivity index (χ0) is 19.6. The highest BCUT2D eigenvalue weighted by Gasteiger charge is 2.07. The van der Waals surface area contributed by atoms with Gasteiger partial charge in [0.05, 0.1) is 13.7 Å². The van der Waals surface area contributed by atoms with E-state index in [1.165, 1.54) is 5.56 Å². The third-order valence-corrected chi connectivity index (χ3v) is 4.24. The quantitative estimate of drug-likeness (QED) is 0.568. The fourth-order valence-corrected chi connectivity index (χ4v) is 2.84. The number of benzene rings is 2. The lowest BCUT2D eigenvalue weighted by molar-refractivity contribution is 0.284. The molecule has 0 amide bonds. The molecule has 0 fully saturated rings. The molecule has 0 saturated heterocycles. The number of nitrogens with zero attached hydrogens (tertiary/aromatic N) is 1. The monoisotopic (exact) mass is 378 g/mol. The minimum absolute atomic E-state index is 0.479. The Balaban J connectivity index is 1.55. The number of pyridine rings is 1. The fourth-order valence-electron chi connectivity index (χ4n) is 2.84. The number of rotatable bonds is 10. The first-order valence-corrected chi connectivity index (χ1v) is 9.39. The molecule has 1 N–H and O–H groups in total. The van der Waals surface area contributed by atoms with Gasteiger partial charge in [-0.25, -0.2) is 0 Å². The molecule has 1 aromatic heterocycles. The van der Waals surface area contributed by atoms with E-state index in [0.29, 0.717) is 13.2 Å². The van der Waals surface area contributed by atoms with Gasteiger partial charge < -0.3 is 19.5 Å². The Morgan fingerprint density at radius 1 is 0.821 bits per heavy atom. The number of hydrogen-bond acceptors (Lipinski definition) is 5. The third-order valence-electron chi connectivity index (χ3n) is 4.24. The van der Waals surface area contributed by atoms with Crippen molar-refractivity contribution in [3.8, 4) is 17.2 Å². The Labute approximate surface area is 166 Å². The maximum Gasteiger partial charge on any atom is 0.161 e. The molecule has 146 valence electrons. The second-order valence-electron chi connectivity index (χ2n) is 6.31. The first kappa shape index (κ1) is 19.7. The highest BCUT2D eigenvalue weighted by atomic mass is 16.5. The first-order chi connectivity index (χ1) is 13.8. The Morgan fingerprint density at radius 2 is 1.61 bits per heavy atom. The van der Waals surface area contributed by atoms with Crippen LogP contribution in [0.15, 0.2) is 67.0 Å². The van der Waals surface area contributed by atoms with Crippen LogP contribution in [0.3, 0.4) is 0 Å². The highest BCUT2D eigenvalue weighted by molar-refractivity contribution is 5.43. The molecule has 28 heavy (non-hydrogen) atoms. The van der Waals surface area contributed by atoms with Gasteiger partial charge in [0.1, 0.15) is 12.4 Å². The van der Waals surface area contributed by atoms with Gasteiger partial charge in [0.25, 0.3) is 0 Å². The van der Waals surface area contributed by atoms with Crippen LogP contribution in [0.1, 0.15) is 23.6 Å². The summed E-state index contributed by atoms with van der Waals surface area (Å²) < 4.78 is 16.9. The van der Waals surface area contributed by atoms with Crippen LogP contribution in [0.5, 0.6) is 17.2 Å². The maximum absolute atomic E-state index is 5.89. The van der Waals surface area contributed by atoms with Crippen LogP contribution in [0.25, 0.3) is 0 Å². The number of aromatic nitrogens is 1. The van der Waals surface area contributed by atoms with Gasteiger partial charge in [-0.2, -0.15) is 0 Å². The molecule has 0 atom stereocenters. The third kappa shape index (κ3) is 5.72. The van der Waals surface area contributed by atoms with Crippen molar-refractivity contribution in [1.82, 2.24) is 10.3 Å². The predicted octanol–water partition coefficient (Wildman–Crippen LogP) is 4.36. The van der Waals surface area contributed by atoms with Crippen molar-refractivity contribution >= 4 is 0 Å². The van der Waals surface area contributed by atoms with Crippen LogP contribution in [-0.4, -0.2) is 18.7 Å². The van der Waals surface area contributed by atoms with Crippen LogP contribution in [-0.2, 0) is 19.7 Å². The number of nitrogens with one attached hydrogen (secondary N) is 1. The molecular formula is C23H26N2O3. The van der Waals surface area contributed by atoms with E-state index in [-0.39, 0.29) is 0 Å². The summed E-state index contributed by atoms with van der Waals surface area (Å²) in [4.78, 5) is 4.02. The molecule has 1 heterocycles. The summed E-state index contributed by atoms with van der Waals surface area (Å²) in [5, 5.41) is 3.46. The van der Waals surface area contributed by atoms with Crippen LogP contribution in [0.2, 0.25) is 0 Å². The van der Waals surface area contributed by atoms with Crippen molar-refractivity contribution in [3.05, 3.63) is 83.7 Å². The second kappa shape index (κ2) is 10.3. The van der Waals surface area contributed by atoms with E-state index in [1.807, 2.05) is 49.4 Å². The lowest BCUT2D eigenvalue weighted by Gasteiger charge is -2.13. The van der Waals surface area contributed by atoms with E-state index in [4.69, 9.17) is 14.2 Å². The summed E-state index contributed by atoms with van der Waals surface area (Å²) in [6.45, 7) is 4.64. The van der Waals surface area contributed by atoms with Crippen molar-refractivity contribution in [3.63, 3.8) is 0 Å². The van der Waals surface area contributed by atoms with Gasteiger partial charge in [-0.1, -0.05) is 18.2 Å². The molecular weight excluding hydrogens is 352 g/mol. The minimum Gasteiger partial charge on any atom is -0.494 e. The average Bonchev–Trinajstić information content (AvgIpc) is 2.74. The van der Waals surface area contributed by atoms with Crippen molar-refractivity contribution in [2.75, 3.05) is 13.7 Å². The van der Waals surface area contributed by atoms with Crippen molar-refractivity contribution in [2.45, 2.75) is 26.6 Å². The minimum atomic E-state index is 0.479. The summed E-state index contributed by atoms with van der Waals surface area (Å²) >= 11 is 0. The Morgan fingerprint density at radius 3 is 2.36 bits per heavy atom. The molecule has 3 aromatic rings. The summed E-state index contributed by atoms with van der Waals surface area (Å²) in [6.07, 6.45) is 3.52. The van der Waals surface area contributed by atoms with Gasteiger partial charge >= 0.3 is 0 Å². The zero-order valence-corrected chi connectivity index (χ0v) is 16.4. The lowest BCUT2D eigenvalue weighted by Crippen LogP contribution is -2.13. The van der Waals surface area contributed by atoms with Crippen LogP contribution in [0.4, 0.5) is 0 Å². The van der Waals surface area contributed by atoms with Gasteiger partial charge in [-0.3, -0.25) is 4.98 Å². The summed E-state index contributed by atoms with van der Waals surface area (Å²) in [7, 11) is 1.66. The molecule has 0 aliphatic carbocycles. The largest absolute Gasteiger partial charge is 0.494 e. The van der Waals surface area contributed by atoms with Crippen molar-refractivity contribution in [1.29, 1.82) is 0 Å². The van der Waals surface area contributed by atoms with Gasteiger partial charge in [0.15, 0.2) is 11.5 Å². The molecule has 0 bridgehead atoms. The van der Waals surface area contributed by atoms with Crippen LogP contribution in [0, 0.1) is 0 Å². The SMILES string of the molecule is CCOc1cccc(CNCc2ccc(OCc3ccncc3)c(OC)c2)c1. The smallest absolute Gasteiger partial charge is 0.161 e. The average molecular weight is 378 g/mol. The lowest BCUT2D eigenvalue weighted by atomic mass is 10.1. The Bertz CT molecular complexity index is 869. The standard InChI is InChI=1S/C23H26N2O3/c1-3-27-21-6-4-5-19(13-21)15-25-16-20-7-8-22(23(14-20)26-2)28-17-18-9-11-24-12-10-18/h4-14,25H,3,15-17H2,1-2H3. The van der Waals surface area contributed by atoms with E-state index in [1.54, 1.807) is 19.5 Å². The summed E-state index contributed by atoms with van der Waals surface area (Å²) in [5.41, 5.74) is 3.39. The Hall–Kier alpha value is -3.05. The molecule has 5 heteroatoms. The van der Waals surface area contributed by atoms with Crippen molar-refractivity contribution < 1.29 is 14.2 Å². The summed E-state index contributed by atoms with van der Waals surface area (Å²) in [5.74, 6) is 2.36. The van der Waals surface area contributed by atoms with Crippen molar-refractivity contribution in [2.24, 2.45) is 0 Å². The van der Waals surface area contributed by atoms with Crippen LogP contribution < -0.4 is 19.5 Å². The van der Waals surface area contributed by atoms with E-state index in [9.17, 15) is 0 Å². The molecule has 0 spiro atoms. The topological polar surface area (TPSA) is 52.6 Å². The molecule has 0 aliphatic rings. The highest BCUT2D eigenvalue weighted by Crippen LogP contribution is 2.29. The fraction of sp³-hybridized carbons (Fsp3) is 0.261. The van der Waals surface area contributed by atoms with Gasteiger partial charge in [-0.05, 0) is 60.0 Å². The van der Waals surface area contributed by atoms with Crippen LogP contribution >= 0.6 is 0 Å². The van der Waals surface area contributed by atoms with Gasteiger partial charge in [-0.15, -0.1) is 0 Å². The molecule has 3 rings (SSSR count). The molecule has 5 nitrogen and oxygen atoms in total. The van der Waals surface area contributed by atoms with Gasteiger partial charge in [0.2, 0.25) is 0 Å². The van der Waals surface area contributed by atoms with E-state index in [2.05, 4.69) is 22.4 Å². The molecule has 0 saturated carbocycles. The van der Waals surface area contributed by atoms with E-state index >= 15 is 0 Å². The summed E-state index contributed by atoms with van der Waals surface area (Å²) in [6, 6.07) is 18.0. The molecule has 2 aromatic carbocycles. The molecule has 0 radical (unpaired) electrons. The van der Waals surface area contributed by atoms with E-state index in [0.717, 1.165) is 41.5 Å². The van der Waals surface area contributed by atoms with Gasteiger partial charge in [0, 0.05) is 25.5 Å². The normalized spacial score (nSPS) is 10.5. The number of methoxy groups -OCH3 is 1. The Kier molecular flexibility index (Phi) is 7.27.